The molecule has 63 heavy (non-hydrogen) atoms. The van der Waals surface area contributed by atoms with E-state index in [9.17, 15) is 23.7 Å². The first-order chi connectivity index (χ1) is 30.4. The Morgan fingerprint density at radius 3 is 1.92 bits per heavy atom. The number of ether oxygens (including phenoxy) is 3. The second kappa shape index (κ2) is 30.6. The number of hydrogen-bond acceptors (Lipinski definition) is 13. The Balaban J connectivity index is 1.68. The molecule has 0 bridgehead atoms. The summed E-state index contributed by atoms with van der Waals surface area (Å²) in [5, 5.41) is 14.2. The zero-order valence-electron chi connectivity index (χ0n) is 38.4. The van der Waals surface area contributed by atoms with Gasteiger partial charge >= 0.3 is 25.8 Å². The van der Waals surface area contributed by atoms with Gasteiger partial charge in [0.25, 0.3) is 0 Å². The van der Waals surface area contributed by atoms with E-state index in [4.69, 9.17) is 29.0 Å². The highest BCUT2D eigenvalue weighted by Gasteiger charge is 2.40. The molecule has 4 atom stereocenters. The number of imidazole rings is 1. The van der Waals surface area contributed by atoms with Crippen LogP contribution in [0.3, 0.4) is 0 Å². The van der Waals surface area contributed by atoms with Gasteiger partial charge in [0.05, 0.1) is 32.7 Å². The zero-order valence-corrected chi connectivity index (χ0v) is 39.3. The number of methoxy groups -OCH3 is 1. The fraction of sp³-hybridized carbons (Fsp3) is 0.717. The van der Waals surface area contributed by atoms with Crippen molar-refractivity contribution in [1.82, 2.24) is 24.6 Å². The van der Waals surface area contributed by atoms with Gasteiger partial charge in [-0.2, -0.15) is 14.4 Å². The van der Waals surface area contributed by atoms with Crippen LogP contribution in [0.5, 0.6) is 0 Å². The molecule has 0 saturated carbocycles. The molecular weight excluding hydrogens is 831 g/mol. The fourth-order valence-corrected chi connectivity index (χ4v) is 8.61. The number of aliphatic hydroxyl groups is 1. The van der Waals surface area contributed by atoms with Crippen LogP contribution in [0, 0.1) is 6.08 Å². The normalized spacial score (nSPS) is 14.6. The van der Waals surface area contributed by atoms with Gasteiger partial charge in [-0.1, -0.05) is 160 Å². The number of benzene rings is 1. The molecule has 0 aliphatic heterocycles. The van der Waals surface area contributed by atoms with E-state index < -0.39 is 56.7 Å². The highest BCUT2D eigenvalue weighted by molar-refractivity contribution is 7.51. The lowest BCUT2D eigenvalue weighted by Crippen LogP contribution is -2.48. The van der Waals surface area contributed by atoms with Crippen molar-refractivity contribution < 1.29 is 46.9 Å². The van der Waals surface area contributed by atoms with Crippen LogP contribution in [0.1, 0.15) is 155 Å². The lowest BCUT2D eigenvalue weighted by Gasteiger charge is -2.34. The van der Waals surface area contributed by atoms with Gasteiger partial charge in [0.15, 0.2) is 18.1 Å². The average molecular weight is 907 g/mol. The predicted molar refractivity (Wildman–Crippen MR) is 243 cm³/mol. The molecule has 0 fully saturated rings. The number of anilines is 1. The Hall–Kier alpha value is -3.53. The number of aromatic nitrogens is 4. The number of carbonyl (C=O) groups is 2. The Bertz CT molecular complexity index is 1770. The van der Waals surface area contributed by atoms with Gasteiger partial charge in [-0.3, -0.25) is 13.8 Å². The fourth-order valence-electron chi connectivity index (χ4n) is 7.11. The predicted octanol–water partition coefficient (Wildman–Crippen LogP) is 9.58. The maximum absolute atomic E-state index is 14.7. The minimum Gasteiger partial charge on any atom is -0.465 e. The quantitative estimate of drug-likeness (QED) is 0.0214. The summed E-state index contributed by atoms with van der Waals surface area (Å²) in [5.74, 6) is -1.59. The molecule has 15 nitrogen and oxygen atoms in total. The van der Waals surface area contributed by atoms with Gasteiger partial charge in [-0.25, -0.2) is 19.4 Å². The second-order valence-corrected chi connectivity index (χ2v) is 18.4. The number of nitrogen functional groups attached to an aromatic ring is 1. The van der Waals surface area contributed by atoms with Gasteiger partial charge in [-0.15, -0.1) is 0 Å². The molecule has 3 aromatic rings. The molecule has 0 amide bonds. The molecule has 3 rings (SSSR count). The minimum atomic E-state index is -4.58. The molecule has 0 aliphatic carbocycles. The van der Waals surface area contributed by atoms with E-state index in [0.29, 0.717) is 12.8 Å². The number of nitrogens with zero attached hydrogens (tertiary/aromatic N) is 4. The number of nitrogens with two attached hydrogens (primary N) is 1. The van der Waals surface area contributed by atoms with Crippen LogP contribution < -0.4 is 10.8 Å². The van der Waals surface area contributed by atoms with Crippen LogP contribution in [0.25, 0.3) is 11.2 Å². The van der Waals surface area contributed by atoms with Crippen LogP contribution >= 0.6 is 7.75 Å². The molecule has 2 aromatic heterocycles. The molecule has 1 aromatic carbocycles. The van der Waals surface area contributed by atoms with E-state index in [-0.39, 0.29) is 43.2 Å². The third kappa shape index (κ3) is 20.9. The van der Waals surface area contributed by atoms with Gasteiger partial charge in [-0.05, 0) is 31.7 Å². The number of nitrogens with one attached hydrogen (secondary N) is 1. The summed E-state index contributed by atoms with van der Waals surface area (Å²) in [6, 6.07) is 7.93. The maximum atomic E-state index is 14.7. The molecule has 0 spiro atoms. The topological polar surface area (TPSA) is 199 Å². The minimum absolute atomic E-state index is 0.0467. The van der Waals surface area contributed by atoms with Crippen molar-refractivity contribution in [3.05, 3.63) is 48.3 Å². The van der Waals surface area contributed by atoms with Gasteiger partial charge in [0.2, 0.25) is 0 Å². The summed E-state index contributed by atoms with van der Waals surface area (Å²) in [6.07, 6.45) is 21.5. The van der Waals surface area contributed by atoms with Crippen molar-refractivity contribution in [1.29, 1.82) is 0 Å². The van der Waals surface area contributed by atoms with E-state index in [2.05, 4.69) is 33.9 Å². The monoisotopic (exact) mass is 907 g/mol. The summed E-state index contributed by atoms with van der Waals surface area (Å²) < 4.78 is 58.6. The van der Waals surface area contributed by atoms with Crippen molar-refractivity contribution in [3.63, 3.8) is 0 Å². The first-order valence-electron chi connectivity index (χ1n) is 23.3. The first-order valence-corrected chi connectivity index (χ1v) is 24.9. The number of hydrogen-bond donors (Lipinski definition) is 3. The van der Waals surface area contributed by atoms with E-state index in [1.807, 2.05) is 30.3 Å². The summed E-state index contributed by atoms with van der Waals surface area (Å²) >= 11 is 0. The van der Waals surface area contributed by atoms with E-state index in [1.165, 1.54) is 102 Å². The van der Waals surface area contributed by atoms with Crippen LogP contribution in [0.15, 0.2) is 36.7 Å². The largest absolute Gasteiger partial charge is 0.465 e. The van der Waals surface area contributed by atoms with Gasteiger partial charge < -0.3 is 29.6 Å². The van der Waals surface area contributed by atoms with Crippen molar-refractivity contribution in [2.75, 3.05) is 39.3 Å². The smallest absolute Gasteiger partial charge is 0.406 e. The molecule has 4 N–H and O–H groups in total. The number of halogens is 1. The molecular formula is C46H76FN6O9P. The van der Waals surface area contributed by atoms with E-state index in [1.54, 1.807) is 0 Å². The van der Waals surface area contributed by atoms with Crippen LogP contribution in [-0.4, -0.2) is 87.8 Å². The Morgan fingerprint density at radius 1 is 0.825 bits per heavy atom. The molecule has 0 saturated heterocycles. The number of rotatable bonds is 37. The van der Waals surface area contributed by atoms with Crippen molar-refractivity contribution >= 4 is 36.7 Å². The van der Waals surface area contributed by atoms with Gasteiger partial charge in [0, 0.05) is 7.11 Å². The Labute approximate surface area is 374 Å². The molecule has 356 valence electrons. The Kier molecular flexibility index (Phi) is 26.1. The number of fused-ring (bicyclic) bond motifs is 1. The lowest BCUT2D eigenvalue weighted by atomic mass is 10.00. The van der Waals surface area contributed by atoms with E-state index in [0.717, 1.165) is 44.1 Å². The van der Waals surface area contributed by atoms with Crippen LogP contribution in [-0.2, 0) is 50.4 Å². The van der Waals surface area contributed by atoms with Crippen molar-refractivity contribution in [2.45, 2.75) is 180 Å². The third-order valence-electron chi connectivity index (χ3n) is 11.3. The van der Waals surface area contributed by atoms with E-state index >= 15 is 0 Å². The van der Waals surface area contributed by atoms with Crippen LogP contribution in [0.4, 0.5) is 10.2 Å². The standard InChI is InChI=1S/C46H76FN6O9P/c1-5-7-9-11-13-15-17-19-21-26-30-59-40(55)34-61-63(57,62-35-46(3,58-4)39(54)33-53-36-49-41-42(48)50-45(47)51-43(41)53)52-38(32-37-28-24-23-25-29-37)44(56)60-31-27-22-20-18-16-14-12-10-8-6-2/h23-25,28-29,36,38-39,54H,5-22,26-27,30-35H2,1-4H3,(H,52,57)(H2,48,50,51)/t38-,39-,46+,63?/m0/s1. The maximum Gasteiger partial charge on any atom is 0.406 e. The molecule has 17 heteroatoms. The number of aliphatic hydroxyl groups excluding tert-OH is 1. The summed E-state index contributed by atoms with van der Waals surface area (Å²) in [4.78, 5) is 38.1. The number of esters is 2. The summed E-state index contributed by atoms with van der Waals surface area (Å²) in [7, 11) is -3.25. The summed E-state index contributed by atoms with van der Waals surface area (Å²) in [5.41, 5.74) is 5.19. The summed E-state index contributed by atoms with van der Waals surface area (Å²) in [6.45, 7) is 4.78. The first kappa shape index (κ1) is 53.8. The highest BCUT2D eigenvalue weighted by atomic mass is 31.2. The highest BCUT2D eigenvalue weighted by Crippen LogP contribution is 2.46. The SMILES string of the molecule is CCCCCCCCCCCCOC(=O)COP(=O)(N[C@@H](Cc1ccccc1)C(=O)OCCCCCCCCCCCC)OC[C@@](C)(OC)[C@@H](O)Cn1cnc2c(N)nc(F)nc21. The van der Waals surface area contributed by atoms with Crippen LogP contribution in [0.2, 0.25) is 0 Å². The molecule has 0 radical (unpaired) electrons. The van der Waals surface area contributed by atoms with Crippen molar-refractivity contribution in [2.24, 2.45) is 0 Å². The number of carbonyl (C=O) groups excluding carboxylic acids is 2. The average Bonchev–Trinajstić information content (AvgIpc) is 3.68. The molecule has 2 heterocycles. The lowest BCUT2D eigenvalue weighted by molar-refractivity contribution is -0.147. The van der Waals surface area contributed by atoms with Crippen molar-refractivity contribution in [3.8, 4) is 0 Å². The Morgan fingerprint density at radius 2 is 1.37 bits per heavy atom. The molecule has 0 aliphatic rings. The molecule has 1 unspecified atom stereocenters. The van der Waals surface area contributed by atoms with Gasteiger partial charge in [0.1, 0.15) is 23.3 Å². The zero-order chi connectivity index (χ0) is 45.8. The number of unbranched alkanes of at least 4 members (excludes halogenated alkanes) is 18. The second-order valence-electron chi connectivity index (χ2n) is 16.6. The third-order valence-corrected chi connectivity index (χ3v) is 12.8.